The van der Waals surface area contributed by atoms with Crippen LogP contribution < -0.4 is 10.5 Å². The van der Waals surface area contributed by atoms with Gasteiger partial charge in [0.2, 0.25) is 0 Å². The lowest BCUT2D eigenvalue weighted by Gasteiger charge is -2.09. The van der Waals surface area contributed by atoms with Crippen LogP contribution in [0, 0.1) is 6.92 Å². The summed E-state index contributed by atoms with van der Waals surface area (Å²) in [6.45, 7) is 1.92. The molecule has 0 atom stereocenters. The number of nitrogen functional groups attached to an aromatic ring is 1. The molecule has 0 fully saturated rings. The molecule has 0 aliphatic heterocycles. The topological polar surface area (TPSA) is 35.2 Å². The molecule has 0 radical (unpaired) electrons. The summed E-state index contributed by atoms with van der Waals surface area (Å²) in [7, 11) is 0. The van der Waals surface area contributed by atoms with Crippen molar-refractivity contribution in [3.05, 3.63) is 59.2 Å². The van der Waals surface area contributed by atoms with E-state index in [1.807, 2.05) is 25.1 Å². The van der Waals surface area contributed by atoms with Gasteiger partial charge in [0.15, 0.2) is 0 Å². The third kappa shape index (κ3) is 3.91. The van der Waals surface area contributed by atoms with Gasteiger partial charge < -0.3 is 10.5 Å². The van der Waals surface area contributed by atoms with E-state index in [-0.39, 0.29) is 5.75 Å². The molecule has 0 spiro atoms. The summed E-state index contributed by atoms with van der Waals surface area (Å²) in [6, 6.07) is 11.6. The fourth-order valence-corrected chi connectivity index (χ4v) is 1.84. The van der Waals surface area contributed by atoms with E-state index in [9.17, 15) is 13.2 Å². The van der Waals surface area contributed by atoms with Gasteiger partial charge in [-0.2, -0.15) is 0 Å². The molecule has 2 aromatic carbocycles. The van der Waals surface area contributed by atoms with E-state index in [2.05, 4.69) is 4.74 Å². The van der Waals surface area contributed by atoms with Crippen molar-refractivity contribution in [2.45, 2.75) is 19.7 Å². The average molecular weight is 281 g/mol. The zero-order valence-electron chi connectivity index (χ0n) is 10.9. The van der Waals surface area contributed by atoms with Crippen molar-refractivity contribution in [3.63, 3.8) is 0 Å². The summed E-state index contributed by atoms with van der Waals surface area (Å²) in [6.07, 6.45) is -4.05. The molecule has 0 aliphatic rings. The van der Waals surface area contributed by atoms with Gasteiger partial charge in [0, 0.05) is 5.69 Å². The van der Waals surface area contributed by atoms with E-state index in [0.29, 0.717) is 12.1 Å². The largest absolute Gasteiger partial charge is 0.573 e. The van der Waals surface area contributed by atoms with Crippen LogP contribution in [-0.2, 0) is 6.42 Å². The van der Waals surface area contributed by atoms with Crippen molar-refractivity contribution in [2.24, 2.45) is 0 Å². The lowest BCUT2D eigenvalue weighted by atomic mass is 10.0. The number of nitrogens with two attached hydrogens (primary N) is 1. The Kier molecular flexibility index (Phi) is 3.88. The Labute approximate surface area is 115 Å². The molecule has 2 rings (SSSR count). The van der Waals surface area contributed by atoms with Gasteiger partial charge in [-0.25, -0.2) is 0 Å². The van der Waals surface area contributed by atoms with Crippen LogP contribution in [0.5, 0.6) is 5.75 Å². The second-order valence-electron chi connectivity index (χ2n) is 4.56. The van der Waals surface area contributed by atoms with Crippen LogP contribution in [0.4, 0.5) is 18.9 Å². The second-order valence-corrected chi connectivity index (χ2v) is 4.56. The summed E-state index contributed by atoms with van der Waals surface area (Å²) in [4.78, 5) is 0. The Morgan fingerprint density at radius 1 is 1.00 bits per heavy atom. The molecule has 2 N–H and O–H groups in total. The van der Waals surface area contributed by atoms with Crippen molar-refractivity contribution < 1.29 is 17.9 Å². The Morgan fingerprint density at radius 2 is 1.60 bits per heavy atom. The molecular formula is C15H14F3NO. The zero-order chi connectivity index (χ0) is 14.8. The molecule has 0 saturated heterocycles. The predicted octanol–water partition coefficient (Wildman–Crippen LogP) is 4.07. The van der Waals surface area contributed by atoms with Gasteiger partial charge in [0.05, 0.1) is 0 Å². The number of hydrogen-bond acceptors (Lipinski definition) is 2. The summed E-state index contributed by atoms with van der Waals surface area (Å²) in [5.74, 6) is -0.218. The van der Waals surface area contributed by atoms with Crippen LogP contribution in [0.1, 0.15) is 16.7 Å². The number of benzene rings is 2. The average Bonchev–Trinajstić information content (AvgIpc) is 2.35. The van der Waals surface area contributed by atoms with Crippen molar-refractivity contribution in [1.29, 1.82) is 0 Å². The minimum absolute atomic E-state index is 0.218. The van der Waals surface area contributed by atoms with Gasteiger partial charge in [-0.15, -0.1) is 13.2 Å². The van der Waals surface area contributed by atoms with E-state index in [1.165, 1.54) is 12.1 Å². The summed E-state index contributed by atoms with van der Waals surface area (Å²) < 4.78 is 39.9. The number of aryl methyl sites for hydroxylation is 1. The first-order valence-electron chi connectivity index (χ1n) is 6.03. The second kappa shape index (κ2) is 5.45. The maximum atomic E-state index is 12.0. The lowest BCUT2D eigenvalue weighted by Crippen LogP contribution is -2.17. The standard InChI is InChI=1S/C15H14F3NO/c1-10-2-3-12(9-14(10)19)8-11-4-6-13(7-5-11)20-15(16,17)18/h2-7,9H,8,19H2,1H3. The van der Waals surface area contributed by atoms with Crippen LogP contribution in [0.25, 0.3) is 0 Å². The SMILES string of the molecule is Cc1ccc(Cc2ccc(OC(F)(F)F)cc2)cc1N. The molecule has 20 heavy (non-hydrogen) atoms. The summed E-state index contributed by atoms with van der Waals surface area (Å²) in [5.41, 5.74) is 9.44. The van der Waals surface area contributed by atoms with Crippen LogP contribution >= 0.6 is 0 Å². The van der Waals surface area contributed by atoms with Gasteiger partial charge in [-0.1, -0.05) is 24.3 Å². The van der Waals surface area contributed by atoms with Gasteiger partial charge >= 0.3 is 6.36 Å². The molecule has 5 heteroatoms. The Morgan fingerprint density at radius 3 is 2.15 bits per heavy atom. The number of halogens is 3. The third-order valence-electron chi connectivity index (χ3n) is 2.91. The minimum atomic E-state index is -4.66. The molecule has 2 aromatic rings. The van der Waals surface area contributed by atoms with E-state index in [4.69, 9.17) is 5.73 Å². The van der Waals surface area contributed by atoms with Crippen LogP contribution in [-0.4, -0.2) is 6.36 Å². The van der Waals surface area contributed by atoms with Gasteiger partial charge in [-0.3, -0.25) is 0 Å². The van der Waals surface area contributed by atoms with E-state index in [1.54, 1.807) is 12.1 Å². The highest BCUT2D eigenvalue weighted by molar-refractivity contribution is 5.49. The molecular weight excluding hydrogens is 267 g/mol. The molecule has 0 saturated carbocycles. The lowest BCUT2D eigenvalue weighted by molar-refractivity contribution is -0.274. The molecule has 0 aliphatic carbocycles. The first-order valence-corrected chi connectivity index (χ1v) is 6.03. The van der Waals surface area contributed by atoms with Crippen LogP contribution in [0.3, 0.4) is 0 Å². The van der Waals surface area contributed by atoms with E-state index in [0.717, 1.165) is 16.7 Å². The molecule has 0 bridgehead atoms. The highest BCUT2D eigenvalue weighted by Gasteiger charge is 2.30. The molecule has 0 amide bonds. The number of anilines is 1. The van der Waals surface area contributed by atoms with Gasteiger partial charge in [0.1, 0.15) is 5.75 Å². The minimum Gasteiger partial charge on any atom is -0.406 e. The quantitative estimate of drug-likeness (QED) is 0.861. The van der Waals surface area contributed by atoms with Crippen LogP contribution in [0.15, 0.2) is 42.5 Å². The Balaban J connectivity index is 2.08. The highest BCUT2D eigenvalue weighted by atomic mass is 19.4. The van der Waals surface area contributed by atoms with Gasteiger partial charge in [-0.05, 0) is 48.2 Å². The monoisotopic (exact) mass is 281 g/mol. The predicted molar refractivity (Wildman–Crippen MR) is 71.5 cm³/mol. The maximum absolute atomic E-state index is 12.0. The maximum Gasteiger partial charge on any atom is 0.573 e. The number of ether oxygens (including phenoxy) is 1. The summed E-state index contributed by atoms with van der Waals surface area (Å²) >= 11 is 0. The molecule has 0 unspecified atom stereocenters. The van der Waals surface area contributed by atoms with E-state index < -0.39 is 6.36 Å². The first-order chi connectivity index (χ1) is 9.33. The van der Waals surface area contributed by atoms with Crippen molar-refractivity contribution >= 4 is 5.69 Å². The van der Waals surface area contributed by atoms with E-state index >= 15 is 0 Å². The number of alkyl halides is 3. The third-order valence-corrected chi connectivity index (χ3v) is 2.91. The fraction of sp³-hybridized carbons (Fsp3) is 0.200. The van der Waals surface area contributed by atoms with Crippen molar-refractivity contribution in [1.82, 2.24) is 0 Å². The molecule has 0 aromatic heterocycles. The molecule has 2 nitrogen and oxygen atoms in total. The van der Waals surface area contributed by atoms with Gasteiger partial charge in [0.25, 0.3) is 0 Å². The first kappa shape index (κ1) is 14.2. The fourth-order valence-electron chi connectivity index (χ4n) is 1.84. The zero-order valence-corrected chi connectivity index (χ0v) is 10.9. The number of rotatable bonds is 3. The Hall–Kier alpha value is -2.17. The smallest absolute Gasteiger partial charge is 0.406 e. The van der Waals surface area contributed by atoms with Crippen molar-refractivity contribution in [2.75, 3.05) is 5.73 Å². The molecule has 0 heterocycles. The number of hydrogen-bond donors (Lipinski definition) is 1. The summed E-state index contributed by atoms with van der Waals surface area (Å²) in [5, 5.41) is 0. The normalized spacial score (nSPS) is 11.4. The Bertz CT molecular complexity index is 591. The van der Waals surface area contributed by atoms with Crippen molar-refractivity contribution in [3.8, 4) is 5.75 Å². The molecule has 106 valence electrons. The highest BCUT2D eigenvalue weighted by Crippen LogP contribution is 2.23. The van der Waals surface area contributed by atoms with Crippen LogP contribution in [0.2, 0.25) is 0 Å².